The van der Waals surface area contributed by atoms with E-state index in [2.05, 4.69) is 10.2 Å². The number of H-pyrrole nitrogens is 1. The van der Waals surface area contributed by atoms with E-state index in [1.807, 2.05) is 18.2 Å². The number of benzene rings is 1. The Kier molecular flexibility index (Phi) is 4.06. The van der Waals surface area contributed by atoms with Crippen molar-refractivity contribution in [2.75, 3.05) is 21.3 Å². The second kappa shape index (κ2) is 6.16. The number of nitrogens with one attached hydrogen (secondary N) is 1. The van der Waals surface area contributed by atoms with E-state index >= 15 is 0 Å². The third-order valence-corrected chi connectivity index (χ3v) is 4.01. The smallest absolute Gasteiger partial charge is 0.198 e. The second-order valence-electron chi connectivity index (χ2n) is 5.24. The van der Waals surface area contributed by atoms with Gasteiger partial charge in [-0.25, -0.2) is 0 Å². The Balaban J connectivity index is 2.07. The van der Waals surface area contributed by atoms with Gasteiger partial charge in [0.1, 0.15) is 12.0 Å². The van der Waals surface area contributed by atoms with Crippen molar-refractivity contribution in [1.29, 1.82) is 0 Å². The number of fused-ring (bicyclic) bond motifs is 1. The lowest BCUT2D eigenvalue weighted by Gasteiger charge is -2.23. The van der Waals surface area contributed by atoms with E-state index in [9.17, 15) is 4.79 Å². The largest absolute Gasteiger partial charge is 0.497 e. The van der Waals surface area contributed by atoms with Crippen LogP contribution in [0.3, 0.4) is 0 Å². The molecule has 0 saturated heterocycles. The molecule has 1 aromatic heterocycles. The minimum Gasteiger partial charge on any atom is -0.497 e. The Morgan fingerprint density at radius 1 is 1.22 bits per heavy atom. The number of rotatable bonds is 5. The molecule has 1 aliphatic rings. The van der Waals surface area contributed by atoms with E-state index in [1.54, 1.807) is 27.4 Å². The highest BCUT2D eigenvalue weighted by Gasteiger charge is 2.28. The Bertz CT molecular complexity index is 804. The van der Waals surface area contributed by atoms with Crippen LogP contribution < -0.4 is 0 Å². The molecule has 1 unspecified atom stereocenters. The number of allylic oxidation sites excluding steroid dienone is 2. The van der Waals surface area contributed by atoms with Crippen LogP contribution >= 0.6 is 0 Å². The molecule has 120 valence electrons. The van der Waals surface area contributed by atoms with Crippen LogP contribution in [0.5, 0.6) is 0 Å². The number of methoxy groups -OCH3 is 3. The molecule has 6 nitrogen and oxygen atoms in total. The quantitative estimate of drug-likeness (QED) is 0.859. The summed E-state index contributed by atoms with van der Waals surface area (Å²) in [6.45, 7) is 0. The van der Waals surface area contributed by atoms with Crippen LogP contribution in [-0.2, 0) is 14.2 Å². The van der Waals surface area contributed by atoms with Crippen LogP contribution in [-0.4, -0.2) is 37.8 Å². The van der Waals surface area contributed by atoms with Crippen molar-refractivity contribution in [3.63, 3.8) is 0 Å². The van der Waals surface area contributed by atoms with E-state index < -0.39 is 0 Å². The third kappa shape index (κ3) is 2.56. The van der Waals surface area contributed by atoms with Gasteiger partial charge in [0.05, 0.1) is 32.5 Å². The van der Waals surface area contributed by atoms with Gasteiger partial charge in [-0.1, -0.05) is 0 Å². The molecule has 0 fully saturated rings. The maximum atomic E-state index is 11.0. The fourth-order valence-corrected chi connectivity index (χ4v) is 2.88. The van der Waals surface area contributed by atoms with E-state index in [4.69, 9.17) is 14.2 Å². The summed E-state index contributed by atoms with van der Waals surface area (Å²) in [5.41, 5.74) is 2.35. The molecule has 1 N–H and O–H groups in total. The van der Waals surface area contributed by atoms with E-state index in [0.29, 0.717) is 29.3 Å². The zero-order chi connectivity index (χ0) is 16.4. The van der Waals surface area contributed by atoms with E-state index in [1.165, 1.54) is 0 Å². The predicted octanol–water partition coefficient (Wildman–Crippen LogP) is 2.90. The summed E-state index contributed by atoms with van der Waals surface area (Å²) in [7, 11) is 4.78. The van der Waals surface area contributed by atoms with Gasteiger partial charge >= 0.3 is 0 Å². The predicted molar refractivity (Wildman–Crippen MR) is 85.0 cm³/mol. The first-order valence-corrected chi connectivity index (χ1v) is 7.22. The van der Waals surface area contributed by atoms with Gasteiger partial charge in [-0.05, 0) is 24.3 Å². The molecule has 0 amide bonds. The van der Waals surface area contributed by atoms with Crippen molar-refractivity contribution in [2.45, 2.75) is 12.3 Å². The van der Waals surface area contributed by atoms with Gasteiger partial charge in [0, 0.05) is 23.3 Å². The Morgan fingerprint density at radius 3 is 2.70 bits per heavy atom. The number of carbonyl (C=O) groups excluding carboxylic acids is 1. The van der Waals surface area contributed by atoms with Gasteiger partial charge in [0.15, 0.2) is 11.5 Å². The van der Waals surface area contributed by atoms with E-state index in [0.717, 1.165) is 22.9 Å². The first kappa shape index (κ1) is 15.1. The lowest BCUT2D eigenvalue weighted by molar-refractivity contribution is 0.112. The Labute approximate surface area is 133 Å². The molecule has 1 aliphatic carbocycles. The zero-order valence-electron chi connectivity index (χ0n) is 13.3. The van der Waals surface area contributed by atoms with Crippen molar-refractivity contribution < 1.29 is 19.0 Å². The summed E-state index contributed by atoms with van der Waals surface area (Å²) in [6.07, 6.45) is 3.40. The molecule has 3 rings (SSSR count). The Hall–Kier alpha value is -2.76. The topological polar surface area (TPSA) is 73.4 Å². The lowest BCUT2D eigenvalue weighted by atomic mass is 9.92. The summed E-state index contributed by atoms with van der Waals surface area (Å²) in [6, 6.07) is 5.45. The summed E-state index contributed by atoms with van der Waals surface area (Å²) in [4.78, 5) is 11.0. The molecular formula is C17H18N2O4. The fraction of sp³-hybridized carbons (Fsp3) is 0.294. The SMILES string of the molecule is COC1=CC(c2n[nH]c3ccc(C=O)cc23)CC(OC)=C1OC. The van der Waals surface area contributed by atoms with Gasteiger partial charge in [-0.15, -0.1) is 0 Å². The molecule has 6 heteroatoms. The van der Waals surface area contributed by atoms with Gasteiger partial charge in [0.2, 0.25) is 0 Å². The molecule has 0 saturated carbocycles. The molecule has 1 aromatic carbocycles. The zero-order valence-corrected chi connectivity index (χ0v) is 13.3. The average molecular weight is 314 g/mol. The molecule has 2 aromatic rings. The highest BCUT2D eigenvalue weighted by molar-refractivity contribution is 5.88. The molecule has 1 atom stereocenters. The van der Waals surface area contributed by atoms with Crippen molar-refractivity contribution in [1.82, 2.24) is 10.2 Å². The summed E-state index contributed by atoms with van der Waals surface area (Å²) in [5.74, 6) is 1.89. The van der Waals surface area contributed by atoms with Gasteiger partial charge in [0.25, 0.3) is 0 Å². The average Bonchev–Trinajstić information content (AvgIpc) is 3.03. The summed E-state index contributed by atoms with van der Waals surface area (Å²) < 4.78 is 16.2. The third-order valence-electron chi connectivity index (χ3n) is 4.01. The van der Waals surface area contributed by atoms with Crippen LogP contribution in [0, 0.1) is 0 Å². The maximum Gasteiger partial charge on any atom is 0.198 e. The van der Waals surface area contributed by atoms with Gasteiger partial charge < -0.3 is 14.2 Å². The lowest BCUT2D eigenvalue weighted by Crippen LogP contribution is -2.13. The highest BCUT2D eigenvalue weighted by atomic mass is 16.5. The van der Waals surface area contributed by atoms with E-state index in [-0.39, 0.29) is 5.92 Å². The number of aldehydes is 1. The number of hydrogen-bond acceptors (Lipinski definition) is 5. The number of aromatic amines is 1. The van der Waals surface area contributed by atoms with Crippen molar-refractivity contribution in [3.8, 4) is 0 Å². The molecule has 0 spiro atoms. The normalized spacial score (nSPS) is 17.9. The molecule has 1 heterocycles. The van der Waals surface area contributed by atoms with Crippen LogP contribution in [0.15, 0.2) is 41.6 Å². The molecule has 23 heavy (non-hydrogen) atoms. The van der Waals surface area contributed by atoms with Crippen molar-refractivity contribution >= 4 is 17.2 Å². The summed E-state index contributed by atoms with van der Waals surface area (Å²) >= 11 is 0. The van der Waals surface area contributed by atoms with Crippen LogP contribution in [0.4, 0.5) is 0 Å². The molecule has 0 aliphatic heterocycles. The minimum atomic E-state index is -0.0329. The number of ether oxygens (including phenoxy) is 3. The first-order valence-electron chi connectivity index (χ1n) is 7.22. The van der Waals surface area contributed by atoms with Crippen molar-refractivity contribution in [3.05, 3.63) is 52.8 Å². The minimum absolute atomic E-state index is 0.0329. The van der Waals surface area contributed by atoms with Crippen molar-refractivity contribution in [2.24, 2.45) is 0 Å². The number of carbonyl (C=O) groups is 1. The second-order valence-corrected chi connectivity index (χ2v) is 5.24. The van der Waals surface area contributed by atoms with Crippen LogP contribution in [0.25, 0.3) is 10.9 Å². The molecule has 0 bridgehead atoms. The molecule has 0 radical (unpaired) electrons. The first-order chi connectivity index (χ1) is 11.2. The number of aromatic nitrogens is 2. The van der Waals surface area contributed by atoms with Crippen LogP contribution in [0.2, 0.25) is 0 Å². The Morgan fingerprint density at radius 2 is 2.04 bits per heavy atom. The number of hydrogen-bond donors (Lipinski definition) is 1. The monoisotopic (exact) mass is 314 g/mol. The number of nitrogens with zero attached hydrogens (tertiary/aromatic N) is 1. The van der Waals surface area contributed by atoms with Gasteiger partial charge in [-0.2, -0.15) is 5.10 Å². The summed E-state index contributed by atoms with van der Waals surface area (Å²) in [5, 5.41) is 8.35. The van der Waals surface area contributed by atoms with Crippen LogP contribution in [0.1, 0.15) is 28.4 Å². The van der Waals surface area contributed by atoms with Gasteiger partial charge in [-0.3, -0.25) is 9.89 Å². The molecular weight excluding hydrogens is 296 g/mol. The fourth-order valence-electron chi connectivity index (χ4n) is 2.88. The maximum absolute atomic E-state index is 11.0. The standard InChI is InChI=1S/C17H18N2O4/c1-21-14-7-11(8-15(22-2)17(14)23-3)16-12-6-10(9-20)4-5-13(12)18-19-16/h4-7,9,11H,8H2,1-3H3,(H,18,19). The highest BCUT2D eigenvalue weighted by Crippen LogP contribution is 2.37.